The summed E-state index contributed by atoms with van der Waals surface area (Å²) in [5.41, 5.74) is 6.00. The summed E-state index contributed by atoms with van der Waals surface area (Å²) in [6.07, 6.45) is 6.09. The van der Waals surface area contributed by atoms with Crippen molar-refractivity contribution in [1.82, 2.24) is 0 Å². The number of nitrogens with one attached hydrogen (secondary N) is 2. The van der Waals surface area contributed by atoms with Crippen molar-refractivity contribution >= 4 is 17.2 Å². The average molecular weight is 382 g/mol. The van der Waals surface area contributed by atoms with Crippen molar-refractivity contribution in [2.24, 2.45) is 4.99 Å². The minimum atomic E-state index is -0.0519. The molecule has 3 heteroatoms. The molecule has 0 saturated heterocycles. The van der Waals surface area contributed by atoms with E-state index in [1.165, 1.54) is 41.6 Å². The summed E-state index contributed by atoms with van der Waals surface area (Å²) in [6, 6.07) is 27.8. The first-order valence-electron chi connectivity index (χ1n) is 10.7. The van der Waals surface area contributed by atoms with Gasteiger partial charge in [0, 0.05) is 0 Å². The first kappa shape index (κ1) is 18.0. The average Bonchev–Trinajstić information content (AvgIpc) is 2.79. The summed E-state index contributed by atoms with van der Waals surface area (Å²) < 4.78 is 0. The Morgan fingerprint density at radius 1 is 0.724 bits per heavy atom. The standard InChI is InChI=1S/C26H27N3/c1-3-11-21(12-4-1)22-13-9-10-20(18-22)19-27-25-26(16-7-2-8-17-26)29-24-15-6-5-14-23(24)28-25/h1,3-6,9-15,18,29H,2,7-8,16-17,19H2,(H,27,28). The summed E-state index contributed by atoms with van der Waals surface area (Å²) in [6.45, 7) is 0.689. The molecule has 1 heterocycles. The van der Waals surface area contributed by atoms with E-state index in [0.717, 1.165) is 24.4 Å². The Morgan fingerprint density at radius 3 is 2.28 bits per heavy atom. The number of rotatable bonds is 3. The van der Waals surface area contributed by atoms with E-state index in [2.05, 4.69) is 89.5 Å². The van der Waals surface area contributed by atoms with Crippen LogP contribution in [-0.4, -0.2) is 11.4 Å². The molecule has 2 N–H and O–H groups in total. The van der Waals surface area contributed by atoms with Crippen LogP contribution in [0.1, 0.15) is 37.7 Å². The maximum absolute atomic E-state index is 5.11. The van der Waals surface area contributed by atoms with Gasteiger partial charge in [0.1, 0.15) is 5.84 Å². The predicted molar refractivity (Wildman–Crippen MR) is 123 cm³/mol. The molecule has 2 aliphatic rings. The fourth-order valence-electron chi connectivity index (χ4n) is 4.62. The molecule has 0 radical (unpaired) electrons. The maximum atomic E-state index is 5.11. The number of aliphatic imine (C=N–C) groups is 1. The van der Waals surface area contributed by atoms with Gasteiger partial charge in [-0.05, 0) is 47.7 Å². The molecule has 146 valence electrons. The lowest BCUT2D eigenvalue weighted by atomic mass is 9.79. The molecule has 1 aliphatic heterocycles. The second-order valence-corrected chi connectivity index (χ2v) is 8.17. The first-order valence-corrected chi connectivity index (χ1v) is 10.7. The zero-order valence-electron chi connectivity index (χ0n) is 16.7. The number of benzene rings is 3. The second kappa shape index (κ2) is 7.75. The molecule has 0 aromatic heterocycles. The van der Waals surface area contributed by atoms with Gasteiger partial charge in [0.2, 0.25) is 0 Å². The lowest BCUT2D eigenvalue weighted by Gasteiger charge is -2.44. The van der Waals surface area contributed by atoms with Crippen LogP contribution in [0.2, 0.25) is 0 Å². The second-order valence-electron chi connectivity index (χ2n) is 8.17. The van der Waals surface area contributed by atoms with Crippen molar-refractivity contribution in [3.8, 4) is 11.1 Å². The predicted octanol–water partition coefficient (Wildman–Crippen LogP) is 6.49. The quantitative estimate of drug-likeness (QED) is 0.544. The number of hydrogen-bond acceptors (Lipinski definition) is 2. The summed E-state index contributed by atoms with van der Waals surface area (Å²) >= 11 is 0. The van der Waals surface area contributed by atoms with Crippen molar-refractivity contribution < 1.29 is 0 Å². The van der Waals surface area contributed by atoms with Crippen LogP contribution in [0.25, 0.3) is 11.1 Å². The Hall–Kier alpha value is -3.07. The highest BCUT2D eigenvalue weighted by Crippen LogP contribution is 2.39. The van der Waals surface area contributed by atoms with Gasteiger partial charge in [0.05, 0.1) is 23.5 Å². The summed E-state index contributed by atoms with van der Waals surface area (Å²) in [4.78, 5) is 5.11. The topological polar surface area (TPSA) is 36.4 Å². The van der Waals surface area contributed by atoms with Gasteiger partial charge in [0.15, 0.2) is 0 Å². The molecule has 0 atom stereocenters. The summed E-state index contributed by atoms with van der Waals surface area (Å²) in [7, 11) is 0. The third-order valence-corrected chi connectivity index (χ3v) is 6.17. The van der Waals surface area contributed by atoms with Gasteiger partial charge in [-0.1, -0.05) is 79.9 Å². The molecule has 1 fully saturated rings. The van der Waals surface area contributed by atoms with Gasteiger partial charge in [0.25, 0.3) is 0 Å². The smallest absolute Gasteiger partial charge is 0.127 e. The van der Waals surface area contributed by atoms with E-state index in [-0.39, 0.29) is 5.54 Å². The molecule has 1 saturated carbocycles. The SMILES string of the molecule is c1ccc(-c2cccc(CN=C3Nc4ccccc4NC34CCCCC4)c2)cc1. The van der Waals surface area contributed by atoms with E-state index in [1.807, 2.05) is 0 Å². The molecule has 1 aliphatic carbocycles. The first-order chi connectivity index (χ1) is 14.3. The van der Waals surface area contributed by atoms with E-state index in [9.17, 15) is 0 Å². The van der Waals surface area contributed by atoms with Crippen LogP contribution in [0.5, 0.6) is 0 Å². The van der Waals surface area contributed by atoms with Gasteiger partial charge in [-0.2, -0.15) is 0 Å². The molecular formula is C26H27N3. The van der Waals surface area contributed by atoms with Crippen molar-refractivity contribution in [3.05, 3.63) is 84.4 Å². The normalized spacial score (nSPS) is 18.7. The number of anilines is 2. The van der Waals surface area contributed by atoms with Crippen LogP contribution in [0.4, 0.5) is 11.4 Å². The molecule has 5 rings (SSSR count). The highest BCUT2D eigenvalue weighted by Gasteiger charge is 2.40. The number of nitrogens with zero attached hydrogens (tertiary/aromatic N) is 1. The molecule has 0 unspecified atom stereocenters. The van der Waals surface area contributed by atoms with Crippen molar-refractivity contribution in [1.29, 1.82) is 0 Å². The van der Waals surface area contributed by atoms with Crippen LogP contribution >= 0.6 is 0 Å². The summed E-state index contributed by atoms with van der Waals surface area (Å²) in [5.74, 6) is 1.10. The Labute approximate surface area is 172 Å². The van der Waals surface area contributed by atoms with Crippen LogP contribution in [0.3, 0.4) is 0 Å². The molecule has 3 aromatic rings. The Kier molecular flexibility index (Phi) is 4.81. The highest BCUT2D eigenvalue weighted by molar-refractivity contribution is 6.09. The van der Waals surface area contributed by atoms with Crippen LogP contribution in [-0.2, 0) is 6.54 Å². The summed E-state index contributed by atoms with van der Waals surface area (Å²) in [5, 5.41) is 7.50. The lowest BCUT2D eigenvalue weighted by Crippen LogP contribution is -2.53. The van der Waals surface area contributed by atoms with Crippen LogP contribution in [0.15, 0.2) is 83.9 Å². The van der Waals surface area contributed by atoms with E-state index >= 15 is 0 Å². The number of hydrogen-bond donors (Lipinski definition) is 2. The highest BCUT2D eigenvalue weighted by atomic mass is 15.2. The van der Waals surface area contributed by atoms with Crippen LogP contribution < -0.4 is 10.6 Å². The van der Waals surface area contributed by atoms with Gasteiger partial charge in [-0.3, -0.25) is 4.99 Å². The van der Waals surface area contributed by atoms with Gasteiger partial charge in [-0.25, -0.2) is 0 Å². The monoisotopic (exact) mass is 381 g/mol. The third kappa shape index (κ3) is 3.65. The minimum Gasteiger partial charge on any atom is -0.371 e. The fraction of sp³-hybridized carbons (Fsp3) is 0.269. The number of amidine groups is 1. The van der Waals surface area contributed by atoms with Crippen molar-refractivity contribution in [2.45, 2.75) is 44.2 Å². The largest absolute Gasteiger partial charge is 0.371 e. The Morgan fingerprint density at radius 2 is 1.45 bits per heavy atom. The number of fused-ring (bicyclic) bond motifs is 1. The van der Waals surface area contributed by atoms with E-state index in [1.54, 1.807) is 0 Å². The Bertz CT molecular complexity index is 1020. The number of para-hydroxylation sites is 2. The molecule has 3 nitrogen and oxygen atoms in total. The van der Waals surface area contributed by atoms with E-state index in [4.69, 9.17) is 4.99 Å². The lowest BCUT2D eigenvalue weighted by molar-refractivity contribution is 0.403. The van der Waals surface area contributed by atoms with Gasteiger partial charge < -0.3 is 10.6 Å². The molecule has 1 spiro atoms. The molecule has 0 bridgehead atoms. The zero-order chi connectivity index (χ0) is 19.5. The van der Waals surface area contributed by atoms with E-state index in [0.29, 0.717) is 6.54 Å². The van der Waals surface area contributed by atoms with Crippen molar-refractivity contribution in [3.63, 3.8) is 0 Å². The van der Waals surface area contributed by atoms with E-state index < -0.39 is 0 Å². The fourth-order valence-corrected chi connectivity index (χ4v) is 4.62. The maximum Gasteiger partial charge on any atom is 0.127 e. The third-order valence-electron chi connectivity index (χ3n) is 6.17. The molecular weight excluding hydrogens is 354 g/mol. The molecule has 0 amide bonds. The molecule has 29 heavy (non-hydrogen) atoms. The van der Waals surface area contributed by atoms with Gasteiger partial charge in [-0.15, -0.1) is 0 Å². The van der Waals surface area contributed by atoms with Crippen molar-refractivity contribution in [2.75, 3.05) is 10.6 Å². The minimum absolute atomic E-state index is 0.0519. The van der Waals surface area contributed by atoms with Gasteiger partial charge >= 0.3 is 0 Å². The molecule has 3 aromatic carbocycles. The van der Waals surface area contributed by atoms with Crippen LogP contribution in [0, 0.1) is 0 Å². The Balaban J connectivity index is 1.44. The zero-order valence-corrected chi connectivity index (χ0v) is 16.7.